The second-order valence-corrected chi connectivity index (χ2v) is 5.71. The van der Waals surface area contributed by atoms with Crippen LogP contribution >= 0.6 is 0 Å². The van der Waals surface area contributed by atoms with Crippen LogP contribution < -0.4 is 4.18 Å². The summed E-state index contributed by atoms with van der Waals surface area (Å²) in [6, 6.07) is 12.5. The van der Waals surface area contributed by atoms with Crippen molar-refractivity contribution in [3.05, 3.63) is 59.7 Å². The Labute approximate surface area is 117 Å². The van der Waals surface area contributed by atoms with Crippen LogP contribution in [0.3, 0.4) is 0 Å². The van der Waals surface area contributed by atoms with Gasteiger partial charge < -0.3 is 9.39 Å². The summed E-state index contributed by atoms with van der Waals surface area (Å²) in [4.78, 5) is 0.101. The molecule has 0 atom stereocenters. The van der Waals surface area contributed by atoms with Crippen molar-refractivity contribution in [1.82, 2.24) is 0 Å². The van der Waals surface area contributed by atoms with Gasteiger partial charge >= 0.3 is 10.1 Å². The summed E-state index contributed by atoms with van der Waals surface area (Å²) in [6.07, 6.45) is 1.23. The summed E-state index contributed by atoms with van der Waals surface area (Å²) in [5, 5.41) is 11.3. The van der Waals surface area contributed by atoms with Crippen LogP contribution in [0.2, 0.25) is 0 Å². The van der Waals surface area contributed by atoms with E-state index in [2.05, 4.69) is 5.16 Å². The number of hydrogen-bond donors (Lipinski definition) is 1. The number of nitrogens with zero attached hydrogens (tertiary/aromatic N) is 1. The highest BCUT2D eigenvalue weighted by Crippen LogP contribution is 2.19. The molecule has 0 fully saturated rings. The molecule has 0 aliphatic rings. The van der Waals surface area contributed by atoms with Gasteiger partial charge in [0.1, 0.15) is 10.6 Å². The summed E-state index contributed by atoms with van der Waals surface area (Å²) in [5.41, 5.74) is 1.60. The summed E-state index contributed by atoms with van der Waals surface area (Å²) >= 11 is 0. The van der Waals surface area contributed by atoms with Crippen LogP contribution in [0.15, 0.2) is 58.6 Å². The molecule has 2 aromatic rings. The molecule has 5 nitrogen and oxygen atoms in total. The van der Waals surface area contributed by atoms with Gasteiger partial charge in [0.15, 0.2) is 0 Å². The molecule has 0 aromatic heterocycles. The molecule has 1 N–H and O–H groups in total. The minimum atomic E-state index is -3.84. The van der Waals surface area contributed by atoms with Crippen molar-refractivity contribution in [3.63, 3.8) is 0 Å². The number of hydrogen-bond acceptors (Lipinski definition) is 5. The summed E-state index contributed by atoms with van der Waals surface area (Å²) in [5.74, 6) is 0.195. The second-order valence-electron chi connectivity index (χ2n) is 4.16. The van der Waals surface area contributed by atoms with Gasteiger partial charge in [-0.05, 0) is 48.9 Å². The van der Waals surface area contributed by atoms with Gasteiger partial charge in [0.2, 0.25) is 0 Å². The van der Waals surface area contributed by atoms with Crippen molar-refractivity contribution >= 4 is 16.3 Å². The first kappa shape index (κ1) is 14.1. The molecule has 0 radical (unpaired) electrons. The quantitative estimate of drug-likeness (QED) is 0.406. The lowest BCUT2D eigenvalue weighted by molar-refractivity contribution is 0.322. The molecule has 0 amide bonds. The predicted molar refractivity (Wildman–Crippen MR) is 74.8 cm³/mol. The van der Waals surface area contributed by atoms with Crippen molar-refractivity contribution < 1.29 is 17.8 Å². The molecule has 0 saturated carbocycles. The predicted octanol–water partition coefficient (Wildman–Crippen LogP) is 2.57. The molecule has 0 spiro atoms. The second kappa shape index (κ2) is 5.75. The van der Waals surface area contributed by atoms with E-state index >= 15 is 0 Å². The Bertz CT molecular complexity index is 704. The van der Waals surface area contributed by atoms with E-state index in [9.17, 15) is 8.42 Å². The molecular weight excluding hydrogens is 278 g/mol. The number of benzene rings is 2. The van der Waals surface area contributed by atoms with Crippen molar-refractivity contribution in [2.24, 2.45) is 5.16 Å². The van der Waals surface area contributed by atoms with E-state index in [1.165, 1.54) is 30.5 Å². The molecule has 0 heterocycles. The van der Waals surface area contributed by atoms with Crippen LogP contribution in [-0.4, -0.2) is 19.8 Å². The van der Waals surface area contributed by atoms with Gasteiger partial charge in [-0.15, -0.1) is 0 Å². The van der Waals surface area contributed by atoms with Gasteiger partial charge in [0, 0.05) is 0 Å². The van der Waals surface area contributed by atoms with E-state index < -0.39 is 10.1 Å². The highest BCUT2D eigenvalue weighted by molar-refractivity contribution is 7.87. The minimum absolute atomic E-state index is 0.101. The topological polar surface area (TPSA) is 76.0 Å². The first-order chi connectivity index (χ1) is 9.51. The molecule has 0 aliphatic heterocycles. The van der Waals surface area contributed by atoms with Crippen LogP contribution in [0.1, 0.15) is 11.1 Å². The zero-order valence-corrected chi connectivity index (χ0v) is 11.5. The first-order valence-corrected chi connectivity index (χ1v) is 7.21. The van der Waals surface area contributed by atoms with Crippen molar-refractivity contribution in [3.8, 4) is 5.75 Å². The van der Waals surface area contributed by atoms with Crippen molar-refractivity contribution in [2.45, 2.75) is 11.8 Å². The summed E-state index contributed by atoms with van der Waals surface area (Å²) in [6.45, 7) is 1.87. The van der Waals surface area contributed by atoms with Crippen LogP contribution in [0.25, 0.3) is 0 Å². The Kier molecular flexibility index (Phi) is 4.05. The molecule has 2 aromatic carbocycles. The van der Waals surface area contributed by atoms with Gasteiger partial charge in [0.25, 0.3) is 0 Å². The zero-order valence-electron chi connectivity index (χ0n) is 10.7. The Morgan fingerprint density at radius 3 is 2.20 bits per heavy atom. The Morgan fingerprint density at radius 2 is 1.65 bits per heavy atom. The number of rotatable bonds is 4. The van der Waals surface area contributed by atoms with E-state index in [1.54, 1.807) is 24.3 Å². The minimum Gasteiger partial charge on any atom is -0.411 e. The van der Waals surface area contributed by atoms with Crippen LogP contribution in [-0.2, 0) is 10.1 Å². The lowest BCUT2D eigenvalue weighted by atomic mass is 10.2. The Morgan fingerprint density at radius 1 is 1.05 bits per heavy atom. The molecule has 0 unspecified atom stereocenters. The molecule has 6 heteroatoms. The van der Waals surface area contributed by atoms with Gasteiger partial charge in [-0.3, -0.25) is 0 Å². The maximum absolute atomic E-state index is 12.0. The van der Waals surface area contributed by atoms with E-state index in [4.69, 9.17) is 9.39 Å². The Hall–Kier alpha value is -2.34. The van der Waals surface area contributed by atoms with E-state index in [-0.39, 0.29) is 10.6 Å². The molecule has 0 bridgehead atoms. The van der Waals surface area contributed by atoms with Crippen LogP contribution in [0.5, 0.6) is 5.75 Å². The van der Waals surface area contributed by atoms with E-state index in [1.807, 2.05) is 6.92 Å². The number of aryl methyl sites for hydroxylation is 1. The molecule has 0 aliphatic carbocycles. The largest absolute Gasteiger partial charge is 0.411 e. The third-order valence-electron chi connectivity index (χ3n) is 2.60. The molecular formula is C14H13NO4S. The smallest absolute Gasteiger partial charge is 0.339 e. The maximum atomic E-state index is 12.0. The fourth-order valence-corrected chi connectivity index (χ4v) is 2.49. The molecule has 0 saturated heterocycles. The lowest BCUT2D eigenvalue weighted by Gasteiger charge is -2.07. The third-order valence-corrected chi connectivity index (χ3v) is 3.86. The average molecular weight is 291 g/mol. The lowest BCUT2D eigenvalue weighted by Crippen LogP contribution is -2.09. The molecule has 104 valence electrons. The van der Waals surface area contributed by atoms with Crippen LogP contribution in [0.4, 0.5) is 0 Å². The zero-order chi connectivity index (χ0) is 14.6. The average Bonchev–Trinajstić information content (AvgIpc) is 2.41. The van der Waals surface area contributed by atoms with Gasteiger partial charge in [0.05, 0.1) is 6.21 Å². The Balaban J connectivity index is 2.21. The number of oxime groups is 1. The fourth-order valence-electron chi connectivity index (χ4n) is 1.56. The molecule has 20 heavy (non-hydrogen) atoms. The highest BCUT2D eigenvalue weighted by atomic mass is 32.2. The maximum Gasteiger partial charge on any atom is 0.339 e. The summed E-state index contributed by atoms with van der Waals surface area (Å²) < 4.78 is 29.1. The third kappa shape index (κ3) is 3.36. The summed E-state index contributed by atoms with van der Waals surface area (Å²) in [7, 11) is -3.84. The standard InChI is InChI=1S/C14H13NO4S/c1-11-2-8-14(9-3-11)20(17,18)19-13-6-4-12(5-7-13)10-15-16/h2-10,16H,1H3/b15-10-. The fraction of sp³-hybridized carbons (Fsp3) is 0.0714. The van der Waals surface area contributed by atoms with E-state index in [0.29, 0.717) is 5.56 Å². The van der Waals surface area contributed by atoms with Crippen LogP contribution in [0, 0.1) is 6.92 Å². The van der Waals surface area contributed by atoms with Crippen molar-refractivity contribution in [2.75, 3.05) is 0 Å². The molecule has 2 rings (SSSR count). The van der Waals surface area contributed by atoms with Gasteiger partial charge in [-0.2, -0.15) is 8.42 Å². The van der Waals surface area contributed by atoms with E-state index in [0.717, 1.165) is 5.56 Å². The SMILES string of the molecule is Cc1ccc(S(=O)(=O)Oc2ccc(/C=N\O)cc2)cc1. The normalized spacial score (nSPS) is 11.7. The monoisotopic (exact) mass is 291 g/mol. The van der Waals surface area contributed by atoms with Gasteiger partial charge in [-0.25, -0.2) is 0 Å². The van der Waals surface area contributed by atoms with Crippen molar-refractivity contribution in [1.29, 1.82) is 0 Å². The van der Waals surface area contributed by atoms with Gasteiger partial charge in [-0.1, -0.05) is 22.9 Å². The highest BCUT2D eigenvalue weighted by Gasteiger charge is 2.16. The first-order valence-electron chi connectivity index (χ1n) is 5.80.